The van der Waals surface area contributed by atoms with E-state index < -0.39 is 48.3 Å². The Morgan fingerprint density at radius 3 is 2.14 bits per heavy atom. The molecular weight excluding hydrogens is 366 g/mol. The summed E-state index contributed by atoms with van der Waals surface area (Å²) in [6.07, 6.45) is 0.0387. The number of nitrogens with two attached hydrogens (primary N) is 1. The standard InChI is InChI=1S/C19H27N3O6/c1-3-11(2)16(22-17(25)13(20)10-15(23)24)18(26)21-14(19(27)28)9-12-7-5-4-6-8-12/h4-8,11,13-14,16H,3,9-10,20H2,1-2H3,(H,21,26)(H,22,25)(H,23,24)(H,27,28)/t11-,13-,14-,16-/m0/s1. The third-order valence-electron chi connectivity index (χ3n) is 4.42. The molecule has 1 aromatic rings. The van der Waals surface area contributed by atoms with Gasteiger partial charge < -0.3 is 26.6 Å². The van der Waals surface area contributed by atoms with Gasteiger partial charge in [-0.15, -0.1) is 0 Å². The highest BCUT2D eigenvalue weighted by Crippen LogP contribution is 2.10. The third-order valence-corrected chi connectivity index (χ3v) is 4.42. The van der Waals surface area contributed by atoms with Crippen molar-refractivity contribution in [1.82, 2.24) is 10.6 Å². The van der Waals surface area contributed by atoms with Crippen LogP contribution in [0.25, 0.3) is 0 Å². The SMILES string of the molecule is CC[C@H](C)[C@H](NC(=O)[C@@H](N)CC(=O)O)C(=O)N[C@@H](Cc1ccccc1)C(=O)O. The number of carbonyl (C=O) groups is 4. The average molecular weight is 393 g/mol. The lowest BCUT2D eigenvalue weighted by atomic mass is 9.96. The van der Waals surface area contributed by atoms with Crippen LogP contribution in [0.3, 0.4) is 0 Å². The van der Waals surface area contributed by atoms with Crippen molar-refractivity contribution in [2.75, 3.05) is 0 Å². The number of amides is 2. The number of nitrogens with one attached hydrogen (secondary N) is 2. The molecule has 154 valence electrons. The minimum absolute atomic E-state index is 0.0849. The van der Waals surface area contributed by atoms with E-state index in [-0.39, 0.29) is 12.3 Å². The van der Waals surface area contributed by atoms with E-state index in [0.29, 0.717) is 6.42 Å². The summed E-state index contributed by atoms with van der Waals surface area (Å²) in [6, 6.07) is 5.32. The van der Waals surface area contributed by atoms with E-state index in [2.05, 4.69) is 10.6 Å². The molecule has 1 rings (SSSR count). The topological polar surface area (TPSA) is 159 Å². The second-order valence-corrected chi connectivity index (χ2v) is 6.67. The molecular formula is C19H27N3O6. The van der Waals surface area contributed by atoms with Crippen LogP contribution >= 0.6 is 0 Å². The molecule has 0 heterocycles. The van der Waals surface area contributed by atoms with Gasteiger partial charge in [0.1, 0.15) is 12.1 Å². The van der Waals surface area contributed by atoms with E-state index >= 15 is 0 Å². The number of hydrogen-bond donors (Lipinski definition) is 5. The Morgan fingerprint density at radius 2 is 1.64 bits per heavy atom. The highest BCUT2D eigenvalue weighted by Gasteiger charge is 2.31. The number of carboxylic acids is 2. The molecule has 4 atom stereocenters. The number of benzene rings is 1. The van der Waals surface area contributed by atoms with Crippen molar-refractivity contribution in [3.8, 4) is 0 Å². The summed E-state index contributed by atoms with van der Waals surface area (Å²) in [6.45, 7) is 3.53. The first-order valence-corrected chi connectivity index (χ1v) is 9.00. The highest BCUT2D eigenvalue weighted by molar-refractivity contribution is 5.93. The van der Waals surface area contributed by atoms with Crippen LogP contribution in [0.1, 0.15) is 32.3 Å². The average Bonchev–Trinajstić information content (AvgIpc) is 2.64. The van der Waals surface area contributed by atoms with Gasteiger partial charge in [0.2, 0.25) is 11.8 Å². The van der Waals surface area contributed by atoms with E-state index in [1.807, 2.05) is 6.92 Å². The number of aliphatic carboxylic acids is 2. The maximum absolute atomic E-state index is 12.7. The van der Waals surface area contributed by atoms with Gasteiger partial charge in [0.15, 0.2) is 0 Å². The normalized spacial score (nSPS) is 15.0. The molecule has 2 amide bonds. The molecule has 0 saturated carbocycles. The molecule has 0 spiro atoms. The molecule has 0 unspecified atom stereocenters. The lowest BCUT2D eigenvalue weighted by Gasteiger charge is -2.26. The van der Waals surface area contributed by atoms with Gasteiger partial charge in [-0.1, -0.05) is 50.6 Å². The maximum Gasteiger partial charge on any atom is 0.326 e. The van der Waals surface area contributed by atoms with Crippen molar-refractivity contribution in [1.29, 1.82) is 0 Å². The first-order valence-electron chi connectivity index (χ1n) is 9.00. The molecule has 9 heteroatoms. The minimum atomic E-state index is -1.31. The summed E-state index contributed by atoms with van der Waals surface area (Å²) in [5.74, 6) is -4.19. The molecule has 0 saturated heterocycles. The molecule has 0 aliphatic rings. The molecule has 28 heavy (non-hydrogen) atoms. The number of hydrogen-bond acceptors (Lipinski definition) is 5. The zero-order valence-corrected chi connectivity index (χ0v) is 15.9. The number of carboxylic acid groups (broad SMARTS) is 2. The zero-order chi connectivity index (χ0) is 21.3. The third kappa shape index (κ3) is 7.36. The van der Waals surface area contributed by atoms with Crippen molar-refractivity contribution >= 4 is 23.8 Å². The quantitative estimate of drug-likeness (QED) is 0.357. The fourth-order valence-electron chi connectivity index (χ4n) is 2.55. The molecule has 0 radical (unpaired) electrons. The summed E-state index contributed by atoms with van der Waals surface area (Å²) >= 11 is 0. The molecule has 0 aliphatic carbocycles. The molecule has 1 aromatic carbocycles. The van der Waals surface area contributed by atoms with Crippen molar-refractivity contribution in [3.05, 3.63) is 35.9 Å². The Morgan fingerprint density at radius 1 is 1.04 bits per heavy atom. The van der Waals surface area contributed by atoms with Crippen molar-refractivity contribution < 1.29 is 29.4 Å². The monoisotopic (exact) mass is 393 g/mol. The molecule has 0 fully saturated rings. The Labute approximate surface area is 163 Å². The summed E-state index contributed by atoms with van der Waals surface area (Å²) in [5, 5.41) is 23.1. The van der Waals surface area contributed by atoms with E-state index in [1.165, 1.54) is 0 Å². The van der Waals surface area contributed by atoms with E-state index in [0.717, 1.165) is 5.56 Å². The van der Waals surface area contributed by atoms with Crippen LogP contribution in [-0.4, -0.2) is 52.1 Å². The largest absolute Gasteiger partial charge is 0.481 e. The Bertz CT molecular complexity index is 694. The highest BCUT2D eigenvalue weighted by atomic mass is 16.4. The number of rotatable bonds is 11. The van der Waals surface area contributed by atoms with Gasteiger partial charge in [-0.3, -0.25) is 14.4 Å². The van der Waals surface area contributed by atoms with Gasteiger partial charge in [-0.2, -0.15) is 0 Å². The van der Waals surface area contributed by atoms with Crippen LogP contribution in [0.5, 0.6) is 0 Å². The first kappa shape index (κ1) is 23.1. The van der Waals surface area contributed by atoms with Gasteiger partial charge in [0, 0.05) is 6.42 Å². The summed E-state index contributed by atoms with van der Waals surface area (Å²) in [4.78, 5) is 47.1. The Kier molecular flexibility index (Phi) is 9.10. The maximum atomic E-state index is 12.7. The fraction of sp³-hybridized carbons (Fsp3) is 0.474. The molecule has 9 nitrogen and oxygen atoms in total. The predicted molar refractivity (Wildman–Crippen MR) is 101 cm³/mol. The second kappa shape index (κ2) is 11.0. The summed E-state index contributed by atoms with van der Waals surface area (Å²) < 4.78 is 0. The summed E-state index contributed by atoms with van der Waals surface area (Å²) in [5.41, 5.74) is 6.28. The smallest absolute Gasteiger partial charge is 0.326 e. The minimum Gasteiger partial charge on any atom is -0.481 e. The van der Waals surface area contributed by atoms with Crippen molar-refractivity contribution in [3.63, 3.8) is 0 Å². The van der Waals surface area contributed by atoms with Crippen LogP contribution in [-0.2, 0) is 25.6 Å². The lowest BCUT2D eigenvalue weighted by Crippen LogP contribution is -2.57. The predicted octanol–water partition coefficient (Wildman–Crippen LogP) is 0.131. The van der Waals surface area contributed by atoms with E-state index in [9.17, 15) is 24.3 Å². The van der Waals surface area contributed by atoms with Gasteiger partial charge >= 0.3 is 11.9 Å². The van der Waals surface area contributed by atoms with Gasteiger partial charge in [0.25, 0.3) is 0 Å². The molecule has 0 bridgehead atoms. The van der Waals surface area contributed by atoms with Crippen molar-refractivity contribution in [2.45, 2.75) is 51.2 Å². The molecule has 0 aromatic heterocycles. The second-order valence-electron chi connectivity index (χ2n) is 6.67. The van der Waals surface area contributed by atoms with Crippen molar-refractivity contribution in [2.24, 2.45) is 11.7 Å². The molecule has 0 aliphatic heterocycles. The van der Waals surface area contributed by atoms with Crippen LogP contribution in [0.2, 0.25) is 0 Å². The van der Waals surface area contributed by atoms with Gasteiger partial charge in [-0.05, 0) is 11.5 Å². The van der Waals surface area contributed by atoms with Crippen LogP contribution in [0.4, 0.5) is 0 Å². The number of carbonyl (C=O) groups excluding carboxylic acids is 2. The summed E-state index contributed by atoms with van der Waals surface area (Å²) in [7, 11) is 0. The van der Waals surface area contributed by atoms with E-state index in [4.69, 9.17) is 10.8 Å². The fourth-order valence-corrected chi connectivity index (χ4v) is 2.55. The van der Waals surface area contributed by atoms with Crippen LogP contribution in [0, 0.1) is 5.92 Å². The van der Waals surface area contributed by atoms with Crippen LogP contribution in [0.15, 0.2) is 30.3 Å². The molecule has 6 N–H and O–H groups in total. The van der Waals surface area contributed by atoms with Gasteiger partial charge in [0.05, 0.1) is 12.5 Å². The lowest BCUT2D eigenvalue weighted by molar-refractivity contribution is -0.143. The Hall–Kier alpha value is -2.94. The zero-order valence-electron chi connectivity index (χ0n) is 15.9. The first-order chi connectivity index (χ1) is 13.1. The van der Waals surface area contributed by atoms with Gasteiger partial charge in [-0.25, -0.2) is 4.79 Å². The Balaban J connectivity index is 2.88. The van der Waals surface area contributed by atoms with E-state index in [1.54, 1.807) is 37.3 Å². The van der Waals surface area contributed by atoms with Crippen LogP contribution < -0.4 is 16.4 Å².